The van der Waals surface area contributed by atoms with Gasteiger partial charge in [0, 0.05) is 19.5 Å². The molecule has 0 aromatic heterocycles. The summed E-state index contributed by atoms with van der Waals surface area (Å²) in [5.41, 5.74) is 0. The van der Waals surface area contributed by atoms with Gasteiger partial charge in [0.1, 0.15) is 6.17 Å². The zero-order valence-corrected chi connectivity index (χ0v) is 16.3. The second-order valence-corrected chi connectivity index (χ2v) is 8.16. The molecule has 1 aliphatic heterocycles. The number of morpholine rings is 1. The molecule has 1 rings (SSSR count). The predicted molar refractivity (Wildman–Crippen MR) is 99.1 cm³/mol. The van der Waals surface area contributed by atoms with E-state index in [1.807, 2.05) is 4.90 Å². The molecule has 0 aromatic carbocycles. The van der Waals surface area contributed by atoms with E-state index in [0.29, 0.717) is 37.8 Å². The normalized spacial score (nSPS) is 16.8. The predicted octanol–water partition coefficient (Wildman–Crippen LogP) is 2.98. The summed E-state index contributed by atoms with van der Waals surface area (Å²) in [6.07, 6.45) is 3.60. The highest BCUT2D eigenvalue weighted by molar-refractivity contribution is 7.80. The van der Waals surface area contributed by atoms with Gasteiger partial charge in [0.05, 0.1) is 13.2 Å². The smallest absolute Gasteiger partial charge is 0.228 e. The third kappa shape index (κ3) is 8.59. The first-order valence-corrected chi connectivity index (χ1v) is 9.38. The van der Waals surface area contributed by atoms with Gasteiger partial charge in [-0.1, -0.05) is 61.0 Å². The van der Waals surface area contributed by atoms with E-state index < -0.39 is 9.96 Å². The van der Waals surface area contributed by atoms with Crippen molar-refractivity contribution >= 4 is 58.0 Å². The van der Waals surface area contributed by atoms with E-state index in [-0.39, 0.29) is 5.91 Å². The third-order valence-electron chi connectivity index (χ3n) is 3.46. The minimum Gasteiger partial charge on any atom is -0.378 e. The summed E-state index contributed by atoms with van der Waals surface area (Å²) in [6, 6.07) is 0. The Bertz CT molecular complexity index is 388. The van der Waals surface area contributed by atoms with Crippen molar-refractivity contribution in [2.75, 3.05) is 26.3 Å². The summed E-state index contributed by atoms with van der Waals surface area (Å²) in [7, 11) is 0. The van der Waals surface area contributed by atoms with Crippen LogP contribution in [-0.4, -0.2) is 52.2 Å². The highest BCUT2D eigenvalue weighted by Gasteiger charge is 2.35. The molecule has 1 aliphatic rings. The van der Waals surface area contributed by atoms with Crippen LogP contribution in [-0.2, 0) is 9.53 Å². The molecule has 23 heavy (non-hydrogen) atoms. The SMILES string of the molecule is CCCCCCC(=O)N[C@H](NC(=S)N1CCOCC1)C(Cl)(Cl)Cl. The molecule has 1 heterocycles. The maximum atomic E-state index is 12.0. The van der Waals surface area contributed by atoms with Crippen LogP contribution >= 0.6 is 47.0 Å². The number of hydrogen-bond donors (Lipinski definition) is 2. The Labute approximate surface area is 158 Å². The molecule has 5 nitrogen and oxygen atoms in total. The number of nitrogens with zero attached hydrogens (tertiary/aromatic N) is 1. The Kier molecular flexibility index (Phi) is 9.85. The fourth-order valence-corrected chi connectivity index (χ4v) is 2.75. The van der Waals surface area contributed by atoms with Crippen LogP contribution in [0, 0.1) is 0 Å². The fraction of sp³-hybridized carbons (Fsp3) is 0.857. The fourth-order valence-electron chi connectivity index (χ4n) is 2.13. The lowest BCUT2D eigenvalue weighted by Crippen LogP contribution is -2.59. The number of hydrogen-bond acceptors (Lipinski definition) is 3. The molecule has 0 unspecified atom stereocenters. The zero-order chi connectivity index (χ0) is 17.3. The zero-order valence-electron chi connectivity index (χ0n) is 13.2. The van der Waals surface area contributed by atoms with Crippen molar-refractivity contribution in [1.29, 1.82) is 0 Å². The van der Waals surface area contributed by atoms with Gasteiger partial charge in [-0.15, -0.1) is 0 Å². The standard InChI is InChI=1S/C14H24Cl3N3O2S/c1-2-3-4-5-6-11(21)18-12(14(15,16)17)19-13(23)20-7-9-22-10-8-20/h12H,2-10H2,1H3,(H,18,21)(H,19,23)/t12-/m1/s1. The van der Waals surface area contributed by atoms with Crippen LogP contribution in [0.3, 0.4) is 0 Å². The van der Waals surface area contributed by atoms with Gasteiger partial charge in [-0.2, -0.15) is 0 Å². The monoisotopic (exact) mass is 403 g/mol. The first-order valence-electron chi connectivity index (χ1n) is 7.84. The third-order valence-corrected chi connectivity index (χ3v) is 4.49. The highest BCUT2D eigenvalue weighted by atomic mass is 35.6. The van der Waals surface area contributed by atoms with E-state index in [4.69, 9.17) is 51.8 Å². The largest absolute Gasteiger partial charge is 0.378 e. The maximum Gasteiger partial charge on any atom is 0.228 e. The summed E-state index contributed by atoms with van der Waals surface area (Å²) in [5.74, 6) is -0.158. The molecule has 0 spiro atoms. The number of amides is 1. The average Bonchev–Trinajstić information content (AvgIpc) is 2.51. The minimum atomic E-state index is -1.70. The highest BCUT2D eigenvalue weighted by Crippen LogP contribution is 2.29. The van der Waals surface area contributed by atoms with Gasteiger partial charge in [-0.25, -0.2) is 0 Å². The molecule has 1 saturated heterocycles. The van der Waals surface area contributed by atoms with E-state index in [2.05, 4.69) is 17.6 Å². The number of nitrogens with one attached hydrogen (secondary N) is 2. The molecule has 9 heteroatoms. The summed E-state index contributed by atoms with van der Waals surface area (Å²) >= 11 is 23.2. The molecule has 2 N–H and O–H groups in total. The van der Waals surface area contributed by atoms with Crippen LogP contribution < -0.4 is 10.6 Å². The van der Waals surface area contributed by atoms with Crippen LogP contribution in [0.25, 0.3) is 0 Å². The van der Waals surface area contributed by atoms with Gasteiger partial charge < -0.3 is 20.3 Å². The lowest BCUT2D eigenvalue weighted by molar-refractivity contribution is -0.122. The molecular formula is C14H24Cl3N3O2S. The first-order chi connectivity index (χ1) is 10.8. The van der Waals surface area contributed by atoms with Gasteiger partial charge in [0.2, 0.25) is 9.70 Å². The van der Waals surface area contributed by atoms with Crippen molar-refractivity contribution in [3.8, 4) is 0 Å². The van der Waals surface area contributed by atoms with Crippen molar-refractivity contribution in [2.24, 2.45) is 0 Å². The number of halogens is 3. The lowest BCUT2D eigenvalue weighted by atomic mass is 10.1. The number of thiocarbonyl (C=S) groups is 1. The van der Waals surface area contributed by atoms with E-state index >= 15 is 0 Å². The Morgan fingerprint density at radius 3 is 2.43 bits per heavy atom. The van der Waals surface area contributed by atoms with E-state index in [9.17, 15) is 4.79 Å². The number of ether oxygens (including phenoxy) is 1. The first kappa shape index (κ1) is 21.0. The molecule has 134 valence electrons. The Morgan fingerprint density at radius 2 is 1.87 bits per heavy atom. The van der Waals surface area contributed by atoms with Crippen LogP contribution in [0.2, 0.25) is 0 Å². The van der Waals surface area contributed by atoms with Crippen molar-refractivity contribution < 1.29 is 9.53 Å². The van der Waals surface area contributed by atoms with Crippen molar-refractivity contribution in [3.05, 3.63) is 0 Å². The number of unbranched alkanes of at least 4 members (excludes halogenated alkanes) is 3. The van der Waals surface area contributed by atoms with Crippen molar-refractivity contribution in [2.45, 2.75) is 49.0 Å². The maximum absolute atomic E-state index is 12.0. The van der Waals surface area contributed by atoms with Crippen molar-refractivity contribution in [1.82, 2.24) is 15.5 Å². The molecular weight excluding hydrogens is 381 g/mol. The average molecular weight is 405 g/mol. The topological polar surface area (TPSA) is 53.6 Å². The molecule has 0 saturated carbocycles. The van der Waals surface area contributed by atoms with Gasteiger partial charge in [0.25, 0.3) is 0 Å². The Hall–Kier alpha value is -0.0100. The summed E-state index contributed by atoms with van der Waals surface area (Å²) < 4.78 is 3.57. The Morgan fingerprint density at radius 1 is 1.22 bits per heavy atom. The van der Waals surface area contributed by atoms with Gasteiger partial charge in [0.15, 0.2) is 5.11 Å². The second-order valence-electron chi connectivity index (χ2n) is 5.40. The van der Waals surface area contributed by atoms with E-state index in [1.165, 1.54) is 0 Å². The van der Waals surface area contributed by atoms with Crippen LogP contribution in [0.4, 0.5) is 0 Å². The van der Waals surface area contributed by atoms with Crippen LogP contribution in [0.15, 0.2) is 0 Å². The van der Waals surface area contributed by atoms with Gasteiger partial charge in [-0.3, -0.25) is 4.79 Å². The quantitative estimate of drug-likeness (QED) is 0.296. The summed E-state index contributed by atoms with van der Waals surface area (Å²) in [6.45, 7) is 4.66. The number of alkyl halides is 3. The minimum absolute atomic E-state index is 0.158. The number of carbonyl (C=O) groups is 1. The molecule has 0 radical (unpaired) electrons. The summed E-state index contributed by atoms with van der Waals surface area (Å²) in [5, 5.41) is 6.09. The van der Waals surface area contributed by atoms with Crippen LogP contribution in [0.1, 0.15) is 39.0 Å². The van der Waals surface area contributed by atoms with E-state index in [0.717, 1.165) is 25.7 Å². The van der Waals surface area contributed by atoms with Gasteiger partial charge >= 0.3 is 0 Å². The molecule has 0 aromatic rings. The molecule has 1 fully saturated rings. The lowest BCUT2D eigenvalue weighted by Gasteiger charge is -2.34. The van der Waals surface area contributed by atoms with Crippen molar-refractivity contribution in [3.63, 3.8) is 0 Å². The molecule has 1 amide bonds. The molecule has 0 bridgehead atoms. The Balaban J connectivity index is 2.48. The molecule has 1 atom stereocenters. The second kappa shape index (κ2) is 10.8. The number of rotatable bonds is 7. The van der Waals surface area contributed by atoms with Crippen LogP contribution in [0.5, 0.6) is 0 Å². The molecule has 0 aliphatic carbocycles. The van der Waals surface area contributed by atoms with Gasteiger partial charge in [-0.05, 0) is 18.6 Å². The number of carbonyl (C=O) groups excluding carboxylic acids is 1. The van der Waals surface area contributed by atoms with E-state index in [1.54, 1.807) is 0 Å². The summed E-state index contributed by atoms with van der Waals surface area (Å²) in [4.78, 5) is 13.9.